The van der Waals surface area contributed by atoms with Crippen molar-refractivity contribution in [3.63, 3.8) is 0 Å². The van der Waals surface area contributed by atoms with Crippen LogP contribution in [0.15, 0.2) is 6.20 Å². The van der Waals surface area contributed by atoms with Gasteiger partial charge >= 0.3 is 0 Å². The summed E-state index contributed by atoms with van der Waals surface area (Å²) >= 11 is 17.1. The molecule has 1 unspecified atom stereocenters. The topological polar surface area (TPSA) is 57.8 Å². The van der Waals surface area contributed by atoms with Crippen LogP contribution in [0.2, 0.25) is 5.15 Å². The number of aromatic nitrogens is 2. The molecule has 0 saturated heterocycles. The molecule has 2 rings (SSSR count). The highest BCUT2D eigenvalue weighted by Gasteiger charge is 2.56. The van der Waals surface area contributed by atoms with Crippen molar-refractivity contribution in [2.24, 2.45) is 5.92 Å². The van der Waals surface area contributed by atoms with Crippen LogP contribution in [0, 0.1) is 5.92 Å². The van der Waals surface area contributed by atoms with Crippen LogP contribution in [0.5, 0.6) is 0 Å². The van der Waals surface area contributed by atoms with E-state index in [0.717, 1.165) is 0 Å². The van der Waals surface area contributed by atoms with E-state index in [2.05, 4.69) is 15.5 Å². The number of carbonyl (C=O) groups is 1. The summed E-state index contributed by atoms with van der Waals surface area (Å²) in [4.78, 5) is 11.5. The van der Waals surface area contributed by atoms with Gasteiger partial charge in [0, 0.05) is 0 Å². The Hall–Kier alpha value is -0.450. The molecule has 7 heteroatoms. The second-order valence-corrected chi connectivity index (χ2v) is 5.03. The van der Waals surface area contributed by atoms with Crippen LogP contribution < -0.4 is 5.32 Å². The van der Waals surface area contributed by atoms with Gasteiger partial charge in [-0.05, 0) is 6.42 Å². The molecule has 0 radical (unpaired) electrons. The standard InChI is InChI=1S/C7H6Cl3N3O/c8-5-4(2-11-13-5)12-6(14)3-1-7(3,9)10/h2-3H,1H2,(H,11,13)(H,12,14). The monoisotopic (exact) mass is 253 g/mol. The molecule has 1 amide bonds. The van der Waals surface area contributed by atoms with Crippen LogP contribution in [0.1, 0.15) is 6.42 Å². The zero-order valence-electron chi connectivity index (χ0n) is 6.85. The van der Waals surface area contributed by atoms with Gasteiger partial charge in [-0.1, -0.05) is 11.6 Å². The maximum atomic E-state index is 11.5. The molecule has 4 nitrogen and oxygen atoms in total. The molecule has 1 heterocycles. The van der Waals surface area contributed by atoms with Gasteiger partial charge in [0.15, 0.2) is 0 Å². The first-order valence-electron chi connectivity index (χ1n) is 3.88. The first kappa shape index (κ1) is 10.1. The van der Waals surface area contributed by atoms with Crippen molar-refractivity contribution < 1.29 is 4.79 Å². The number of amides is 1. The highest BCUT2D eigenvalue weighted by molar-refractivity contribution is 6.52. The Kier molecular flexibility index (Phi) is 2.37. The van der Waals surface area contributed by atoms with Crippen LogP contribution in [0.25, 0.3) is 0 Å². The number of halogens is 3. The predicted molar refractivity (Wildman–Crippen MR) is 54.8 cm³/mol. The summed E-state index contributed by atoms with van der Waals surface area (Å²) in [6.07, 6.45) is 1.89. The number of anilines is 1. The summed E-state index contributed by atoms with van der Waals surface area (Å²) in [5.41, 5.74) is 0.438. The van der Waals surface area contributed by atoms with Crippen molar-refractivity contribution in [3.8, 4) is 0 Å². The number of hydrogen-bond donors (Lipinski definition) is 2. The van der Waals surface area contributed by atoms with Crippen LogP contribution >= 0.6 is 34.8 Å². The fraction of sp³-hybridized carbons (Fsp3) is 0.429. The van der Waals surface area contributed by atoms with E-state index in [9.17, 15) is 4.79 Å². The lowest BCUT2D eigenvalue weighted by atomic mass is 10.4. The van der Waals surface area contributed by atoms with Crippen LogP contribution in [0.3, 0.4) is 0 Å². The average molecular weight is 255 g/mol. The van der Waals surface area contributed by atoms with E-state index in [1.165, 1.54) is 6.20 Å². The van der Waals surface area contributed by atoms with Gasteiger partial charge in [0.2, 0.25) is 5.91 Å². The smallest absolute Gasteiger partial charge is 0.230 e. The number of alkyl halides is 2. The molecule has 0 bridgehead atoms. The van der Waals surface area contributed by atoms with E-state index in [1.807, 2.05) is 0 Å². The number of nitrogens with one attached hydrogen (secondary N) is 2. The first-order valence-corrected chi connectivity index (χ1v) is 5.01. The van der Waals surface area contributed by atoms with Crippen LogP contribution in [0.4, 0.5) is 5.69 Å². The molecule has 1 aliphatic carbocycles. The van der Waals surface area contributed by atoms with Gasteiger partial charge in [-0.15, -0.1) is 23.2 Å². The number of hydrogen-bond acceptors (Lipinski definition) is 2. The van der Waals surface area contributed by atoms with Gasteiger partial charge in [-0.2, -0.15) is 5.10 Å². The first-order chi connectivity index (χ1) is 6.50. The summed E-state index contributed by atoms with van der Waals surface area (Å²) in [7, 11) is 0. The molecular weight excluding hydrogens is 248 g/mol. The maximum absolute atomic E-state index is 11.5. The van der Waals surface area contributed by atoms with E-state index in [1.54, 1.807) is 0 Å². The molecule has 0 aromatic carbocycles. The molecule has 76 valence electrons. The highest BCUT2D eigenvalue weighted by atomic mass is 35.5. The van der Waals surface area contributed by atoms with Gasteiger partial charge in [-0.3, -0.25) is 9.89 Å². The van der Waals surface area contributed by atoms with E-state index < -0.39 is 4.33 Å². The Morgan fingerprint density at radius 3 is 2.79 bits per heavy atom. The lowest BCUT2D eigenvalue weighted by Gasteiger charge is -2.01. The van der Waals surface area contributed by atoms with Gasteiger partial charge in [0.25, 0.3) is 0 Å². The Morgan fingerprint density at radius 2 is 2.36 bits per heavy atom. The average Bonchev–Trinajstić information content (AvgIpc) is 2.54. The molecule has 1 aromatic rings. The molecule has 1 saturated carbocycles. The predicted octanol–water partition coefficient (Wildman–Crippen LogP) is 2.20. The summed E-state index contributed by atoms with van der Waals surface area (Å²) in [6.45, 7) is 0. The molecule has 1 aliphatic rings. The zero-order chi connectivity index (χ0) is 10.3. The van der Waals surface area contributed by atoms with Gasteiger partial charge in [-0.25, -0.2) is 0 Å². The third-order valence-electron chi connectivity index (χ3n) is 1.99. The van der Waals surface area contributed by atoms with Gasteiger partial charge < -0.3 is 5.32 Å². The quantitative estimate of drug-likeness (QED) is 0.795. The lowest BCUT2D eigenvalue weighted by Crippen LogP contribution is -2.16. The Bertz CT molecular complexity index is 376. The van der Waals surface area contributed by atoms with Crippen molar-refractivity contribution in [3.05, 3.63) is 11.3 Å². The molecular formula is C7H6Cl3N3O. The molecule has 14 heavy (non-hydrogen) atoms. The molecule has 0 aliphatic heterocycles. The molecule has 1 fully saturated rings. The SMILES string of the molecule is O=C(Nc1cn[nH]c1Cl)C1CC1(Cl)Cl. The number of carbonyl (C=O) groups excluding carboxylic acids is 1. The van der Waals surface area contributed by atoms with E-state index in [-0.39, 0.29) is 17.0 Å². The maximum Gasteiger partial charge on any atom is 0.230 e. The van der Waals surface area contributed by atoms with E-state index in [4.69, 9.17) is 34.8 Å². The summed E-state index contributed by atoms with van der Waals surface area (Å²) in [5.74, 6) is -0.602. The minimum Gasteiger partial charge on any atom is -0.322 e. The van der Waals surface area contributed by atoms with Gasteiger partial charge in [0.05, 0.1) is 17.8 Å². The highest BCUT2D eigenvalue weighted by Crippen LogP contribution is 2.53. The van der Waals surface area contributed by atoms with Gasteiger partial charge in [0.1, 0.15) is 9.49 Å². The fourth-order valence-corrected chi connectivity index (χ4v) is 1.73. The summed E-state index contributed by atoms with van der Waals surface area (Å²) < 4.78 is -0.916. The number of rotatable bonds is 2. The van der Waals surface area contributed by atoms with Crippen molar-refractivity contribution in [1.82, 2.24) is 10.2 Å². The Balaban J connectivity index is 2.00. The minimum absolute atomic E-state index is 0.238. The third kappa shape index (κ3) is 1.82. The van der Waals surface area contributed by atoms with Crippen molar-refractivity contribution in [2.75, 3.05) is 5.32 Å². The van der Waals surface area contributed by atoms with Crippen LogP contribution in [-0.4, -0.2) is 20.4 Å². The zero-order valence-corrected chi connectivity index (χ0v) is 9.12. The number of aromatic amines is 1. The van der Waals surface area contributed by atoms with Crippen molar-refractivity contribution in [1.29, 1.82) is 0 Å². The second-order valence-electron chi connectivity index (χ2n) is 3.10. The molecule has 1 atom stereocenters. The molecule has 1 aromatic heterocycles. The minimum atomic E-state index is -0.916. The number of nitrogens with zero attached hydrogens (tertiary/aromatic N) is 1. The number of H-pyrrole nitrogens is 1. The fourth-order valence-electron chi connectivity index (χ4n) is 1.08. The largest absolute Gasteiger partial charge is 0.322 e. The summed E-state index contributed by atoms with van der Waals surface area (Å²) in [5, 5.41) is 9.00. The van der Waals surface area contributed by atoms with E-state index in [0.29, 0.717) is 12.1 Å². The molecule has 0 spiro atoms. The van der Waals surface area contributed by atoms with Crippen molar-refractivity contribution >= 4 is 46.4 Å². The normalized spacial score (nSPS) is 23.2. The Labute approximate surface area is 94.9 Å². The van der Waals surface area contributed by atoms with Crippen LogP contribution in [-0.2, 0) is 4.79 Å². The summed E-state index contributed by atoms with van der Waals surface area (Å²) in [6, 6.07) is 0. The van der Waals surface area contributed by atoms with E-state index >= 15 is 0 Å². The Morgan fingerprint density at radius 1 is 1.71 bits per heavy atom. The molecule has 2 N–H and O–H groups in total. The van der Waals surface area contributed by atoms with Crippen molar-refractivity contribution in [2.45, 2.75) is 10.8 Å². The second kappa shape index (κ2) is 3.29. The third-order valence-corrected chi connectivity index (χ3v) is 3.12. The lowest BCUT2D eigenvalue weighted by molar-refractivity contribution is -0.117.